The van der Waals surface area contributed by atoms with Gasteiger partial charge in [0.1, 0.15) is 6.61 Å². The van der Waals surface area contributed by atoms with Gasteiger partial charge in [0.25, 0.3) is 0 Å². The van der Waals surface area contributed by atoms with Gasteiger partial charge in [0.05, 0.1) is 0 Å². The van der Waals surface area contributed by atoms with Gasteiger partial charge in [-0.05, 0) is 19.3 Å². The van der Waals surface area contributed by atoms with Crippen molar-refractivity contribution in [3.8, 4) is 0 Å². The lowest BCUT2D eigenvalue weighted by molar-refractivity contribution is -0.175. The Kier molecular flexibility index (Phi) is 6.73. The zero-order valence-electron chi connectivity index (χ0n) is 12.6. The van der Waals surface area contributed by atoms with Crippen molar-refractivity contribution in [1.82, 2.24) is 0 Å². The molecule has 0 spiro atoms. The van der Waals surface area contributed by atoms with Crippen LogP contribution in [0.3, 0.4) is 0 Å². The topological polar surface area (TPSA) is 69.7 Å². The summed E-state index contributed by atoms with van der Waals surface area (Å²) in [6.45, 7) is 9.53. The lowest BCUT2D eigenvalue weighted by Gasteiger charge is -2.30. The Morgan fingerprint density at radius 2 is 1.58 bits per heavy atom. The summed E-state index contributed by atoms with van der Waals surface area (Å²) >= 11 is 0. The normalized spacial score (nSPS) is 15.5. The molecule has 0 aliphatic carbocycles. The van der Waals surface area contributed by atoms with Gasteiger partial charge in [-0.1, -0.05) is 20.8 Å². The largest absolute Gasteiger partial charge is 0.461 e. The van der Waals surface area contributed by atoms with Crippen LogP contribution in [0.25, 0.3) is 0 Å². The Morgan fingerprint density at radius 3 is 1.95 bits per heavy atom. The number of Topliss-reactive ketones (excluding diaryl/α,β-unsaturated/α-hetero) is 1. The first-order valence-electron chi connectivity index (χ1n) is 6.45. The second kappa shape index (κ2) is 7.26. The fourth-order valence-electron chi connectivity index (χ4n) is 2.04. The van der Waals surface area contributed by atoms with E-state index < -0.39 is 17.5 Å². The van der Waals surface area contributed by atoms with E-state index in [0.717, 1.165) is 0 Å². The minimum Gasteiger partial charge on any atom is -0.461 e. The molecular weight excluding hydrogens is 248 g/mol. The summed E-state index contributed by atoms with van der Waals surface area (Å²) in [5.74, 6) is -1.21. The molecule has 19 heavy (non-hydrogen) atoms. The summed E-state index contributed by atoms with van der Waals surface area (Å²) in [6, 6.07) is 0. The highest BCUT2D eigenvalue weighted by molar-refractivity contribution is 5.91. The number of carbonyl (C=O) groups excluding carboxylic acids is 3. The summed E-state index contributed by atoms with van der Waals surface area (Å²) in [6.07, 6.45) is 0.690. The third-order valence-corrected chi connectivity index (χ3v) is 2.71. The first-order valence-corrected chi connectivity index (χ1v) is 6.45. The highest BCUT2D eigenvalue weighted by atomic mass is 16.6. The van der Waals surface area contributed by atoms with E-state index in [9.17, 15) is 14.4 Å². The molecule has 0 radical (unpaired) electrons. The SMILES string of the molecule is CC(=O)OC[C@@](C)(OC(C)=O)C(=O)[C@@H](C)CC(C)C. The molecule has 0 aromatic heterocycles. The minimum absolute atomic E-state index is 0.224. The molecule has 0 aromatic carbocycles. The van der Waals surface area contributed by atoms with Crippen LogP contribution in [-0.2, 0) is 23.9 Å². The molecule has 0 aliphatic heterocycles. The zero-order valence-corrected chi connectivity index (χ0v) is 12.6. The predicted octanol–water partition coefficient (Wildman–Crippen LogP) is 2.12. The Bertz CT molecular complexity index is 348. The Hall–Kier alpha value is -1.39. The average molecular weight is 272 g/mol. The number of hydrogen-bond acceptors (Lipinski definition) is 5. The highest BCUT2D eigenvalue weighted by Crippen LogP contribution is 2.23. The third kappa shape index (κ3) is 6.36. The first kappa shape index (κ1) is 17.6. The van der Waals surface area contributed by atoms with Gasteiger partial charge < -0.3 is 9.47 Å². The summed E-state index contributed by atoms with van der Waals surface area (Å²) in [7, 11) is 0. The number of ketones is 1. The van der Waals surface area contributed by atoms with Crippen LogP contribution in [0.15, 0.2) is 0 Å². The highest BCUT2D eigenvalue weighted by Gasteiger charge is 2.40. The third-order valence-electron chi connectivity index (χ3n) is 2.71. The van der Waals surface area contributed by atoms with Crippen LogP contribution in [0.4, 0.5) is 0 Å². The van der Waals surface area contributed by atoms with Gasteiger partial charge in [0.15, 0.2) is 5.78 Å². The van der Waals surface area contributed by atoms with E-state index in [1.807, 2.05) is 13.8 Å². The zero-order chi connectivity index (χ0) is 15.2. The molecule has 0 heterocycles. The van der Waals surface area contributed by atoms with Crippen molar-refractivity contribution in [2.24, 2.45) is 11.8 Å². The minimum atomic E-state index is -1.41. The Balaban J connectivity index is 4.94. The Labute approximate surface area is 114 Å². The van der Waals surface area contributed by atoms with Crippen LogP contribution in [0, 0.1) is 11.8 Å². The second-order valence-electron chi connectivity index (χ2n) is 5.50. The number of rotatable bonds is 7. The molecule has 0 unspecified atom stereocenters. The van der Waals surface area contributed by atoms with E-state index >= 15 is 0 Å². The maximum atomic E-state index is 12.4. The molecule has 110 valence electrons. The monoisotopic (exact) mass is 272 g/mol. The predicted molar refractivity (Wildman–Crippen MR) is 70.4 cm³/mol. The van der Waals surface area contributed by atoms with Gasteiger partial charge in [-0.25, -0.2) is 0 Å². The van der Waals surface area contributed by atoms with E-state index in [4.69, 9.17) is 9.47 Å². The molecule has 2 atom stereocenters. The van der Waals surface area contributed by atoms with Crippen LogP contribution < -0.4 is 0 Å². The summed E-state index contributed by atoms with van der Waals surface area (Å²) in [5, 5.41) is 0. The smallest absolute Gasteiger partial charge is 0.303 e. The first-order chi connectivity index (χ1) is 8.58. The van der Waals surface area contributed by atoms with E-state index in [-0.39, 0.29) is 18.3 Å². The summed E-state index contributed by atoms with van der Waals surface area (Å²) in [4.78, 5) is 34.4. The maximum absolute atomic E-state index is 12.4. The summed E-state index contributed by atoms with van der Waals surface area (Å²) < 4.78 is 9.93. The standard InChI is InChI=1S/C14H24O5/c1-9(2)7-10(3)13(17)14(6,19-12(5)16)8-18-11(4)15/h9-10H,7-8H2,1-6H3/t10-,14+/m0/s1. The van der Waals surface area contributed by atoms with Gasteiger partial charge in [-0.15, -0.1) is 0 Å². The van der Waals surface area contributed by atoms with Crippen molar-refractivity contribution in [2.45, 2.75) is 53.6 Å². The molecule has 0 saturated carbocycles. The molecule has 5 nitrogen and oxygen atoms in total. The fraction of sp³-hybridized carbons (Fsp3) is 0.786. The van der Waals surface area contributed by atoms with Gasteiger partial charge in [0, 0.05) is 19.8 Å². The summed E-state index contributed by atoms with van der Waals surface area (Å²) in [5.41, 5.74) is -1.41. The van der Waals surface area contributed by atoms with Gasteiger partial charge in [0.2, 0.25) is 5.60 Å². The molecule has 0 rings (SSSR count). The van der Waals surface area contributed by atoms with Gasteiger partial charge >= 0.3 is 11.9 Å². The maximum Gasteiger partial charge on any atom is 0.303 e. The molecule has 0 bridgehead atoms. The van der Waals surface area contributed by atoms with Crippen LogP contribution in [0.1, 0.15) is 48.0 Å². The van der Waals surface area contributed by atoms with Crippen molar-refractivity contribution in [3.05, 3.63) is 0 Å². The van der Waals surface area contributed by atoms with Crippen LogP contribution in [0.5, 0.6) is 0 Å². The fourth-order valence-corrected chi connectivity index (χ4v) is 2.04. The van der Waals surface area contributed by atoms with Crippen molar-refractivity contribution in [1.29, 1.82) is 0 Å². The van der Waals surface area contributed by atoms with E-state index in [1.165, 1.54) is 20.8 Å². The Morgan fingerprint density at radius 1 is 1.05 bits per heavy atom. The molecule has 0 aliphatic rings. The molecule has 0 amide bonds. The van der Waals surface area contributed by atoms with Crippen molar-refractivity contribution in [2.75, 3.05) is 6.61 Å². The molecule has 0 N–H and O–H groups in total. The lowest BCUT2D eigenvalue weighted by Crippen LogP contribution is -2.47. The number of hydrogen-bond donors (Lipinski definition) is 0. The molecule has 0 saturated heterocycles. The van der Waals surface area contributed by atoms with Gasteiger partial charge in [-0.2, -0.15) is 0 Å². The number of esters is 2. The van der Waals surface area contributed by atoms with Crippen molar-refractivity contribution >= 4 is 17.7 Å². The molecular formula is C14H24O5. The van der Waals surface area contributed by atoms with Crippen LogP contribution in [-0.4, -0.2) is 29.9 Å². The average Bonchev–Trinajstić information content (AvgIpc) is 2.23. The number of carbonyl (C=O) groups is 3. The van der Waals surface area contributed by atoms with Crippen LogP contribution in [0.2, 0.25) is 0 Å². The van der Waals surface area contributed by atoms with Crippen molar-refractivity contribution in [3.63, 3.8) is 0 Å². The number of ether oxygens (including phenoxy) is 2. The second-order valence-corrected chi connectivity index (χ2v) is 5.50. The van der Waals surface area contributed by atoms with E-state index in [2.05, 4.69) is 0 Å². The molecule has 0 fully saturated rings. The van der Waals surface area contributed by atoms with E-state index in [0.29, 0.717) is 12.3 Å². The molecule has 5 heteroatoms. The lowest BCUT2D eigenvalue weighted by atomic mass is 9.86. The molecule has 0 aromatic rings. The van der Waals surface area contributed by atoms with Crippen LogP contribution >= 0.6 is 0 Å². The van der Waals surface area contributed by atoms with Gasteiger partial charge in [-0.3, -0.25) is 14.4 Å². The van der Waals surface area contributed by atoms with Crippen molar-refractivity contribution < 1.29 is 23.9 Å². The van der Waals surface area contributed by atoms with E-state index in [1.54, 1.807) is 6.92 Å². The quantitative estimate of drug-likeness (QED) is 0.664.